The molecule has 7 nitrogen and oxygen atoms in total. The number of nitrogens with one attached hydrogen (secondary N) is 1. The molecule has 0 fully saturated rings. The molecule has 0 spiro atoms. The number of carbonyl (C=O) groups is 2. The van der Waals surface area contributed by atoms with E-state index in [0.29, 0.717) is 5.02 Å². The molecule has 224 valence electrons. The molecule has 4 aromatic carbocycles. The number of halogens is 1. The van der Waals surface area contributed by atoms with Gasteiger partial charge >= 0.3 is 0 Å². The fraction of sp³-hybridized carbons (Fsp3) is 0.235. The van der Waals surface area contributed by atoms with E-state index in [0.717, 1.165) is 32.1 Å². The number of benzene rings is 4. The summed E-state index contributed by atoms with van der Waals surface area (Å²) >= 11 is 6.43. The molecule has 43 heavy (non-hydrogen) atoms. The van der Waals surface area contributed by atoms with Gasteiger partial charge in [0, 0.05) is 25.0 Å². The van der Waals surface area contributed by atoms with Crippen LogP contribution in [0.2, 0.25) is 5.02 Å². The van der Waals surface area contributed by atoms with Crippen molar-refractivity contribution in [1.29, 1.82) is 0 Å². The first-order valence-electron chi connectivity index (χ1n) is 14.0. The predicted molar refractivity (Wildman–Crippen MR) is 172 cm³/mol. The number of likely N-dealkylation sites (N-methyl/N-ethyl adjacent to an activating group) is 1. The van der Waals surface area contributed by atoms with Crippen molar-refractivity contribution < 1.29 is 18.0 Å². The first-order chi connectivity index (χ1) is 20.5. The number of anilines is 1. The van der Waals surface area contributed by atoms with Gasteiger partial charge in [-0.15, -0.1) is 0 Å². The van der Waals surface area contributed by atoms with Gasteiger partial charge in [0.2, 0.25) is 11.8 Å². The zero-order valence-electron chi connectivity index (χ0n) is 24.7. The highest BCUT2D eigenvalue weighted by Gasteiger charge is 2.34. The van der Waals surface area contributed by atoms with E-state index in [1.54, 1.807) is 30.3 Å². The minimum atomic E-state index is -4.19. The van der Waals surface area contributed by atoms with Crippen LogP contribution in [0.4, 0.5) is 5.69 Å². The zero-order chi connectivity index (χ0) is 31.1. The number of rotatable bonds is 11. The third kappa shape index (κ3) is 7.83. The van der Waals surface area contributed by atoms with Crippen LogP contribution in [-0.2, 0) is 32.6 Å². The molecule has 0 aliphatic rings. The van der Waals surface area contributed by atoms with Crippen LogP contribution in [0, 0.1) is 20.8 Å². The second-order valence-electron chi connectivity index (χ2n) is 10.6. The first-order valence-corrected chi connectivity index (χ1v) is 15.8. The van der Waals surface area contributed by atoms with Crippen LogP contribution in [0.1, 0.15) is 27.8 Å². The predicted octanol–water partition coefficient (Wildman–Crippen LogP) is 5.85. The molecule has 0 unspecified atom stereocenters. The minimum absolute atomic E-state index is 0.0415. The smallest absolute Gasteiger partial charge is 0.264 e. The molecule has 0 aromatic heterocycles. The molecule has 0 aliphatic heterocycles. The van der Waals surface area contributed by atoms with Crippen LogP contribution >= 0.6 is 11.6 Å². The van der Waals surface area contributed by atoms with Gasteiger partial charge in [-0.2, -0.15) is 0 Å². The molecule has 1 N–H and O–H groups in total. The number of nitrogens with zero attached hydrogens (tertiary/aromatic N) is 2. The lowest BCUT2D eigenvalue weighted by molar-refractivity contribution is -0.139. The quantitative estimate of drug-likeness (QED) is 0.229. The first kappa shape index (κ1) is 31.8. The van der Waals surface area contributed by atoms with Crippen LogP contribution in [0.15, 0.2) is 102 Å². The van der Waals surface area contributed by atoms with Gasteiger partial charge in [-0.3, -0.25) is 13.9 Å². The second-order valence-corrected chi connectivity index (χ2v) is 12.9. The highest BCUT2D eigenvalue weighted by Crippen LogP contribution is 2.29. The highest BCUT2D eigenvalue weighted by atomic mass is 35.5. The Hall–Kier alpha value is -4.14. The molecule has 0 heterocycles. The van der Waals surface area contributed by atoms with Gasteiger partial charge in [0.25, 0.3) is 10.0 Å². The van der Waals surface area contributed by atoms with Crippen LogP contribution in [0.3, 0.4) is 0 Å². The number of aryl methyl sites for hydroxylation is 3. The van der Waals surface area contributed by atoms with Crippen molar-refractivity contribution in [3.05, 3.63) is 130 Å². The molecule has 4 rings (SSSR count). The molecule has 1 atom stereocenters. The lowest BCUT2D eigenvalue weighted by Crippen LogP contribution is -2.53. The van der Waals surface area contributed by atoms with E-state index in [4.69, 9.17) is 11.6 Å². The summed E-state index contributed by atoms with van der Waals surface area (Å²) in [7, 11) is -2.67. The Morgan fingerprint density at radius 2 is 1.42 bits per heavy atom. The Morgan fingerprint density at radius 1 is 0.814 bits per heavy atom. The Balaban J connectivity index is 1.80. The number of amides is 2. The summed E-state index contributed by atoms with van der Waals surface area (Å²) in [6, 6.07) is 27.5. The van der Waals surface area contributed by atoms with Gasteiger partial charge in [-0.1, -0.05) is 95.5 Å². The van der Waals surface area contributed by atoms with Crippen molar-refractivity contribution in [2.24, 2.45) is 0 Å². The summed E-state index contributed by atoms with van der Waals surface area (Å²) in [5.74, 6) is -0.881. The van der Waals surface area contributed by atoms with Crippen LogP contribution in [0.25, 0.3) is 0 Å². The lowest BCUT2D eigenvalue weighted by atomic mass is 10.0. The molecule has 0 saturated carbocycles. The summed E-state index contributed by atoms with van der Waals surface area (Å²) in [5.41, 5.74) is 4.66. The van der Waals surface area contributed by atoms with E-state index in [1.807, 2.05) is 75.4 Å². The van der Waals surface area contributed by atoms with Crippen LogP contribution in [-0.4, -0.2) is 44.8 Å². The average Bonchev–Trinajstić information content (AvgIpc) is 3.00. The van der Waals surface area contributed by atoms with Gasteiger partial charge in [0.1, 0.15) is 12.6 Å². The minimum Gasteiger partial charge on any atom is -0.357 e. The number of sulfonamides is 1. The topological polar surface area (TPSA) is 86.8 Å². The standard InChI is InChI=1S/C34H36ClN3O4S/c1-24-10-15-28(16-11-24)22-37(32(34(40)36-4)20-27-8-6-5-7-9-27)33(39)23-38(29-17-14-26(3)31(35)21-29)43(41,42)30-18-12-25(2)13-19-30/h5-19,21,32H,20,22-23H2,1-4H3,(H,36,40)/t32-/m1/s1. The van der Waals surface area contributed by atoms with Crippen molar-refractivity contribution in [2.45, 2.75) is 44.7 Å². The number of carbonyl (C=O) groups excluding carboxylic acids is 2. The summed E-state index contributed by atoms with van der Waals surface area (Å²) in [6.07, 6.45) is 0.249. The Kier molecular flexibility index (Phi) is 10.3. The summed E-state index contributed by atoms with van der Waals surface area (Å²) < 4.78 is 29.2. The van der Waals surface area contributed by atoms with Gasteiger partial charge < -0.3 is 10.2 Å². The largest absolute Gasteiger partial charge is 0.357 e. The molecule has 4 aromatic rings. The number of hydrogen-bond donors (Lipinski definition) is 1. The van der Waals surface area contributed by atoms with Crippen molar-refractivity contribution in [3.8, 4) is 0 Å². The van der Waals surface area contributed by atoms with Crippen molar-refractivity contribution in [1.82, 2.24) is 10.2 Å². The van der Waals surface area contributed by atoms with Crippen molar-refractivity contribution in [3.63, 3.8) is 0 Å². The molecule has 0 saturated heterocycles. The van der Waals surface area contributed by atoms with Crippen LogP contribution in [0.5, 0.6) is 0 Å². The fourth-order valence-electron chi connectivity index (χ4n) is 4.71. The maximum atomic E-state index is 14.3. The van der Waals surface area contributed by atoms with Gasteiger partial charge in [-0.05, 0) is 61.7 Å². The molecule has 0 bridgehead atoms. The van der Waals surface area contributed by atoms with Gasteiger partial charge in [-0.25, -0.2) is 8.42 Å². The van der Waals surface area contributed by atoms with E-state index in [-0.39, 0.29) is 29.5 Å². The van der Waals surface area contributed by atoms with Crippen molar-refractivity contribution >= 4 is 39.1 Å². The average molecular weight is 618 g/mol. The third-order valence-electron chi connectivity index (χ3n) is 7.32. The van der Waals surface area contributed by atoms with Crippen molar-refractivity contribution in [2.75, 3.05) is 17.9 Å². The zero-order valence-corrected chi connectivity index (χ0v) is 26.3. The molecule has 0 aliphatic carbocycles. The molecule has 9 heteroatoms. The summed E-state index contributed by atoms with van der Waals surface area (Å²) in [4.78, 5) is 29.2. The number of hydrogen-bond acceptors (Lipinski definition) is 4. The monoisotopic (exact) mass is 617 g/mol. The SMILES string of the molecule is CNC(=O)[C@@H](Cc1ccccc1)N(Cc1ccc(C)cc1)C(=O)CN(c1ccc(C)c(Cl)c1)S(=O)(=O)c1ccc(C)cc1. The van der Waals surface area contributed by atoms with E-state index in [9.17, 15) is 18.0 Å². The molecule has 0 radical (unpaired) electrons. The van der Waals surface area contributed by atoms with Crippen LogP contribution < -0.4 is 9.62 Å². The summed E-state index contributed by atoms with van der Waals surface area (Å²) in [6.45, 7) is 5.22. The normalized spacial score (nSPS) is 11.9. The van der Waals surface area contributed by atoms with Gasteiger partial charge in [0.15, 0.2) is 0 Å². The van der Waals surface area contributed by atoms with E-state index >= 15 is 0 Å². The molecular weight excluding hydrogens is 582 g/mol. The highest BCUT2D eigenvalue weighted by molar-refractivity contribution is 7.92. The molecule has 2 amide bonds. The van der Waals surface area contributed by atoms with E-state index < -0.39 is 28.5 Å². The maximum Gasteiger partial charge on any atom is 0.264 e. The Morgan fingerprint density at radius 3 is 2.00 bits per heavy atom. The summed E-state index contributed by atoms with van der Waals surface area (Å²) in [5, 5.41) is 3.07. The third-order valence-corrected chi connectivity index (χ3v) is 9.52. The lowest BCUT2D eigenvalue weighted by Gasteiger charge is -2.33. The van der Waals surface area contributed by atoms with Gasteiger partial charge in [0.05, 0.1) is 10.6 Å². The molecular formula is C34H36ClN3O4S. The maximum absolute atomic E-state index is 14.3. The fourth-order valence-corrected chi connectivity index (χ4v) is 6.29. The Bertz CT molecular complexity index is 1680. The van der Waals surface area contributed by atoms with E-state index in [1.165, 1.54) is 24.1 Å². The second kappa shape index (κ2) is 13.9. The Labute approximate surface area is 259 Å². The van der Waals surface area contributed by atoms with E-state index in [2.05, 4.69) is 5.32 Å².